The molecule has 1 aliphatic heterocycles. The summed E-state index contributed by atoms with van der Waals surface area (Å²) >= 11 is 0. The van der Waals surface area contributed by atoms with Crippen molar-refractivity contribution in [2.45, 2.75) is 50.8 Å². The molecular formula is C18H25FN2O3. The third-order valence-corrected chi connectivity index (χ3v) is 4.82. The van der Waals surface area contributed by atoms with Crippen molar-refractivity contribution >= 4 is 6.03 Å². The van der Waals surface area contributed by atoms with Crippen LogP contribution in [0, 0.1) is 11.7 Å². The molecule has 2 aliphatic rings. The van der Waals surface area contributed by atoms with Crippen LogP contribution in [-0.4, -0.2) is 31.9 Å². The number of halogens is 1. The molecule has 2 N–H and O–H groups in total. The van der Waals surface area contributed by atoms with Crippen molar-refractivity contribution in [3.05, 3.63) is 29.6 Å². The van der Waals surface area contributed by atoms with Crippen molar-refractivity contribution in [3.63, 3.8) is 0 Å². The van der Waals surface area contributed by atoms with Crippen LogP contribution in [0.5, 0.6) is 5.75 Å². The van der Waals surface area contributed by atoms with Gasteiger partial charge >= 0.3 is 6.03 Å². The molecule has 1 heterocycles. The minimum absolute atomic E-state index is 0.152. The highest BCUT2D eigenvalue weighted by Crippen LogP contribution is 2.38. The molecule has 1 saturated heterocycles. The van der Waals surface area contributed by atoms with E-state index in [1.165, 1.54) is 26.0 Å². The number of benzene rings is 1. The van der Waals surface area contributed by atoms with Crippen LogP contribution >= 0.6 is 0 Å². The van der Waals surface area contributed by atoms with Gasteiger partial charge in [0, 0.05) is 12.6 Å². The predicted molar refractivity (Wildman–Crippen MR) is 88.5 cm³/mol. The monoisotopic (exact) mass is 336 g/mol. The number of carbonyl (C=O) groups excluding carboxylic acids is 1. The molecule has 132 valence electrons. The van der Waals surface area contributed by atoms with E-state index in [4.69, 9.17) is 9.47 Å². The van der Waals surface area contributed by atoms with Crippen LogP contribution in [0.1, 0.15) is 44.2 Å². The zero-order chi connectivity index (χ0) is 17.1. The van der Waals surface area contributed by atoms with Crippen molar-refractivity contribution in [2.75, 3.05) is 13.7 Å². The van der Waals surface area contributed by atoms with Crippen LogP contribution in [-0.2, 0) is 4.74 Å². The summed E-state index contributed by atoms with van der Waals surface area (Å²) in [6.07, 6.45) is 4.51. The fourth-order valence-electron chi connectivity index (χ4n) is 3.21. The van der Waals surface area contributed by atoms with Gasteiger partial charge in [0.05, 0.1) is 19.3 Å². The molecule has 0 radical (unpaired) electrons. The van der Waals surface area contributed by atoms with E-state index in [1.807, 2.05) is 6.92 Å². The number of amides is 2. The van der Waals surface area contributed by atoms with Gasteiger partial charge in [-0.2, -0.15) is 0 Å². The Hall–Kier alpha value is -1.82. The lowest BCUT2D eigenvalue weighted by Gasteiger charge is -2.30. The molecule has 1 saturated carbocycles. The summed E-state index contributed by atoms with van der Waals surface area (Å²) in [7, 11) is 1.43. The summed E-state index contributed by atoms with van der Waals surface area (Å²) in [6.45, 7) is 2.57. The first-order valence-electron chi connectivity index (χ1n) is 8.59. The molecule has 24 heavy (non-hydrogen) atoms. The van der Waals surface area contributed by atoms with Gasteiger partial charge in [0.25, 0.3) is 0 Å². The second-order valence-corrected chi connectivity index (χ2v) is 6.70. The molecule has 0 spiro atoms. The van der Waals surface area contributed by atoms with Gasteiger partial charge in [0.15, 0.2) is 11.6 Å². The lowest BCUT2D eigenvalue weighted by Crippen LogP contribution is -2.47. The quantitative estimate of drug-likeness (QED) is 0.868. The molecule has 1 aliphatic carbocycles. The molecule has 2 amide bonds. The summed E-state index contributed by atoms with van der Waals surface area (Å²) in [5.41, 5.74) is 0.797. The average molecular weight is 336 g/mol. The van der Waals surface area contributed by atoms with E-state index in [9.17, 15) is 9.18 Å². The number of rotatable bonds is 5. The maximum Gasteiger partial charge on any atom is 0.315 e. The van der Waals surface area contributed by atoms with Crippen molar-refractivity contribution in [2.24, 2.45) is 5.92 Å². The van der Waals surface area contributed by atoms with E-state index < -0.39 is 5.82 Å². The van der Waals surface area contributed by atoms with Crippen LogP contribution in [0.4, 0.5) is 9.18 Å². The van der Waals surface area contributed by atoms with E-state index in [0.717, 1.165) is 18.4 Å². The number of hydrogen-bond acceptors (Lipinski definition) is 3. The SMILES string of the molecule is COc1cc([C@H](C)NC(=O)N[C@H]2CCO[C@@H](C3CC3)C2)ccc1F. The van der Waals surface area contributed by atoms with Gasteiger partial charge in [-0.1, -0.05) is 6.07 Å². The normalized spacial score (nSPS) is 25.0. The van der Waals surface area contributed by atoms with Gasteiger partial charge in [-0.25, -0.2) is 9.18 Å². The second-order valence-electron chi connectivity index (χ2n) is 6.70. The Morgan fingerprint density at radius 3 is 2.88 bits per heavy atom. The first kappa shape index (κ1) is 17.0. The van der Waals surface area contributed by atoms with Crippen LogP contribution in [0.25, 0.3) is 0 Å². The van der Waals surface area contributed by atoms with E-state index in [-0.39, 0.29) is 23.9 Å². The third kappa shape index (κ3) is 4.17. The molecule has 3 atom stereocenters. The lowest BCUT2D eigenvalue weighted by molar-refractivity contribution is -0.00917. The van der Waals surface area contributed by atoms with Crippen LogP contribution in [0.3, 0.4) is 0 Å². The van der Waals surface area contributed by atoms with Gasteiger partial charge in [-0.05, 0) is 56.2 Å². The van der Waals surface area contributed by atoms with Crippen LogP contribution < -0.4 is 15.4 Å². The largest absolute Gasteiger partial charge is 0.494 e. The summed E-state index contributed by atoms with van der Waals surface area (Å²) in [5.74, 6) is 0.452. The Bertz CT molecular complexity index is 592. The topological polar surface area (TPSA) is 59.6 Å². The zero-order valence-corrected chi connectivity index (χ0v) is 14.2. The van der Waals surface area contributed by atoms with E-state index in [2.05, 4.69) is 10.6 Å². The van der Waals surface area contributed by atoms with E-state index in [0.29, 0.717) is 18.6 Å². The standard InChI is InChI=1S/C18H25FN2O3/c1-11(13-5-6-15(19)17(9-13)23-2)20-18(22)21-14-7-8-24-16(10-14)12-3-4-12/h5-6,9,11-12,14,16H,3-4,7-8,10H2,1-2H3,(H2,20,21,22)/t11-,14-,16+/m0/s1. The molecule has 0 aromatic heterocycles. The van der Waals surface area contributed by atoms with Crippen LogP contribution in [0.2, 0.25) is 0 Å². The Balaban J connectivity index is 1.52. The van der Waals surface area contributed by atoms with Gasteiger partial charge < -0.3 is 20.1 Å². The third-order valence-electron chi connectivity index (χ3n) is 4.82. The summed E-state index contributed by atoms with van der Waals surface area (Å²) in [6, 6.07) is 4.33. The van der Waals surface area contributed by atoms with Crippen molar-refractivity contribution in [1.82, 2.24) is 10.6 Å². The molecular weight excluding hydrogens is 311 g/mol. The zero-order valence-electron chi connectivity index (χ0n) is 14.2. The molecule has 1 aromatic carbocycles. The fourth-order valence-corrected chi connectivity index (χ4v) is 3.21. The Morgan fingerprint density at radius 1 is 1.38 bits per heavy atom. The number of nitrogens with one attached hydrogen (secondary N) is 2. The van der Waals surface area contributed by atoms with Gasteiger partial charge in [-0.15, -0.1) is 0 Å². The Morgan fingerprint density at radius 2 is 2.17 bits per heavy atom. The number of ether oxygens (including phenoxy) is 2. The predicted octanol–water partition coefficient (Wildman–Crippen LogP) is 3.15. The Labute approximate surface area is 141 Å². The second kappa shape index (κ2) is 7.38. The number of urea groups is 1. The van der Waals surface area contributed by atoms with Crippen molar-refractivity contribution in [1.29, 1.82) is 0 Å². The maximum atomic E-state index is 13.5. The summed E-state index contributed by atoms with van der Waals surface area (Å²) < 4.78 is 24.2. The summed E-state index contributed by atoms with van der Waals surface area (Å²) in [5, 5.41) is 5.94. The first-order chi connectivity index (χ1) is 11.6. The molecule has 6 heteroatoms. The minimum Gasteiger partial charge on any atom is -0.494 e. The molecule has 0 unspecified atom stereocenters. The van der Waals surface area contributed by atoms with E-state index in [1.54, 1.807) is 12.1 Å². The highest BCUT2D eigenvalue weighted by Gasteiger charge is 2.36. The number of carbonyl (C=O) groups is 1. The average Bonchev–Trinajstić information content (AvgIpc) is 3.40. The first-order valence-corrected chi connectivity index (χ1v) is 8.59. The Kier molecular flexibility index (Phi) is 5.23. The lowest BCUT2D eigenvalue weighted by atomic mass is 10.0. The van der Waals surface area contributed by atoms with Crippen molar-refractivity contribution < 1.29 is 18.7 Å². The van der Waals surface area contributed by atoms with E-state index >= 15 is 0 Å². The smallest absolute Gasteiger partial charge is 0.315 e. The van der Waals surface area contributed by atoms with Gasteiger partial charge in [0.1, 0.15) is 0 Å². The fraction of sp³-hybridized carbons (Fsp3) is 0.611. The molecule has 3 rings (SSSR count). The molecule has 5 nitrogen and oxygen atoms in total. The number of methoxy groups -OCH3 is 1. The molecule has 2 fully saturated rings. The molecule has 0 bridgehead atoms. The van der Waals surface area contributed by atoms with Crippen LogP contribution in [0.15, 0.2) is 18.2 Å². The molecule has 1 aromatic rings. The highest BCUT2D eigenvalue weighted by molar-refractivity contribution is 5.74. The van der Waals surface area contributed by atoms with Gasteiger partial charge in [-0.3, -0.25) is 0 Å². The van der Waals surface area contributed by atoms with Crippen molar-refractivity contribution in [3.8, 4) is 5.75 Å². The highest BCUT2D eigenvalue weighted by atomic mass is 19.1. The maximum absolute atomic E-state index is 13.5. The minimum atomic E-state index is -0.411. The summed E-state index contributed by atoms with van der Waals surface area (Å²) in [4.78, 5) is 12.2. The van der Waals surface area contributed by atoms with Gasteiger partial charge in [0.2, 0.25) is 0 Å². The number of hydrogen-bond donors (Lipinski definition) is 2.